The lowest BCUT2D eigenvalue weighted by Gasteiger charge is -2.33. The Morgan fingerprint density at radius 1 is 1.18 bits per heavy atom. The minimum atomic E-state index is 0.354. The number of anilines is 1. The van der Waals surface area contributed by atoms with E-state index in [2.05, 4.69) is 36.1 Å². The van der Waals surface area contributed by atoms with E-state index in [9.17, 15) is 0 Å². The van der Waals surface area contributed by atoms with Crippen molar-refractivity contribution in [3.05, 3.63) is 35.9 Å². The van der Waals surface area contributed by atoms with Crippen LogP contribution in [0, 0.1) is 6.92 Å². The summed E-state index contributed by atoms with van der Waals surface area (Å²) in [5.74, 6) is 1.12. The molecule has 118 valence electrons. The van der Waals surface area contributed by atoms with Crippen LogP contribution in [0.3, 0.4) is 0 Å². The van der Waals surface area contributed by atoms with Gasteiger partial charge in [0.1, 0.15) is 5.82 Å². The number of aromatic nitrogens is 1. The van der Waals surface area contributed by atoms with Crippen LogP contribution in [0.1, 0.15) is 18.4 Å². The topological polar surface area (TPSA) is 34.6 Å². The first-order chi connectivity index (χ1) is 10.8. The van der Waals surface area contributed by atoms with Crippen molar-refractivity contribution < 1.29 is 9.47 Å². The van der Waals surface area contributed by atoms with Crippen LogP contribution in [0.2, 0.25) is 0 Å². The fraction of sp³-hybridized carbons (Fsp3) is 0.500. The van der Waals surface area contributed by atoms with Gasteiger partial charge in [-0.1, -0.05) is 18.2 Å². The van der Waals surface area contributed by atoms with Crippen molar-refractivity contribution in [2.75, 3.05) is 38.3 Å². The van der Waals surface area contributed by atoms with E-state index in [-0.39, 0.29) is 0 Å². The van der Waals surface area contributed by atoms with E-state index in [0.29, 0.717) is 19.3 Å². The quantitative estimate of drug-likeness (QED) is 0.794. The third-order valence-electron chi connectivity index (χ3n) is 4.27. The van der Waals surface area contributed by atoms with Crippen LogP contribution in [0.5, 0.6) is 0 Å². The summed E-state index contributed by atoms with van der Waals surface area (Å²) in [6.45, 7) is 5.52. The summed E-state index contributed by atoms with van der Waals surface area (Å²) in [7, 11) is 1.71. The highest BCUT2D eigenvalue weighted by Crippen LogP contribution is 2.26. The molecule has 0 aliphatic carbocycles. The molecule has 4 nitrogen and oxygen atoms in total. The van der Waals surface area contributed by atoms with Crippen LogP contribution >= 0.6 is 0 Å². The highest BCUT2D eigenvalue weighted by molar-refractivity contribution is 5.81. The Balaban J connectivity index is 1.67. The van der Waals surface area contributed by atoms with Gasteiger partial charge in [0.25, 0.3) is 0 Å². The van der Waals surface area contributed by atoms with Gasteiger partial charge in [-0.05, 0) is 37.5 Å². The molecule has 3 rings (SSSR count). The molecule has 1 aromatic carbocycles. The molecule has 0 amide bonds. The number of hydrogen-bond acceptors (Lipinski definition) is 4. The lowest BCUT2D eigenvalue weighted by molar-refractivity contribution is 0.00604. The molecule has 0 radical (unpaired) electrons. The van der Waals surface area contributed by atoms with E-state index >= 15 is 0 Å². The van der Waals surface area contributed by atoms with E-state index in [4.69, 9.17) is 14.5 Å². The van der Waals surface area contributed by atoms with Gasteiger partial charge < -0.3 is 14.4 Å². The first kappa shape index (κ1) is 15.3. The first-order valence-corrected chi connectivity index (χ1v) is 8.00. The van der Waals surface area contributed by atoms with Crippen LogP contribution in [-0.2, 0) is 9.47 Å². The lowest BCUT2D eigenvalue weighted by Crippen LogP contribution is -2.38. The van der Waals surface area contributed by atoms with Gasteiger partial charge in [-0.3, -0.25) is 0 Å². The number of ether oxygens (including phenoxy) is 2. The van der Waals surface area contributed by atoms with Gasteiger partial charge in [0, 0.05) is 25.6 Å². The molecule has 0 saturated carbocycles. The molecule has 2 aromatic rings. The third kappa shape index (κ3) is 3.39. The minimum Gasteiger partial charge on any atom is -0.382 e. The maximum absolute atomic E-state index is 5.84. The molecule has 1 aliphatic heterocycles. The van der Waals surface area contributed by atoms with Crippen LogP contribution in [0.4, 0.5) is 5.82 Å². The lowest BCUT2D eigenvalue weighted by atomic mass is 10.1. The van der Waals surface area contributed by atoms with Gasteiger partial charge >= 0.3 is 0 Å². The first-order valence-electron chi connectivity index (χ1n) is 8.00. The number of piperidine rings is 1. The number of fused-ring (bicyclic) bond motifs is 1. The summed E-state index contributed by atoms with van der Waals surface area (Å²) in [5.41, 5.74) is 2.32. The highest BCUT2D eigenvalue weighted by Gasteiger charge is 2.21. The van der Waals surface area contributed by atoms with Crippen molar-refractivity contribution in [3.63, 3.8) is 0 Å². The second kappa shape index (κ2) is 7.07. The second-order valence-corrected chi connectivity index (χ2v) is 5.87. The fourth-order valence-corrected chi connectivity index (χ4v) is 3.06. The summed E-state index contributed by atoms with van der Waals surface area (Å²) in [6.07, 6.45) is 2.46. The predicted octanol–water partition coefficient (Wildman–Crippen LogP) is 3.18. The van der Waals surface area contributed by atoms with Crippen molar-refractivity contribution in [1.82, 2.24) is 4.98 Å². The average Bonchev–Trinajstić information content (AvgIpc) is 2.55. The van der Waals surface area contributed by atoms with E-state index in [0.717, 1.165) is 37.3 Å². The maximum atomic E-state index is 5.84. The number of methoxy groups -OCH3 is 1. The molecule has 4 heteroatoms. The zero-order chi connectivity index (χ0) is 15.4. The van der Waals surface area contributed by atoms with E-state index in [1.54, 1.807) is 7.11 Å². The molecule has 1 aliphatic rings. The van der Waals surface area contributed by atoms with Crippen LogP contribution in [0.25, 0.3) is 10.9 Å². The number of benzene rings is 1. The van der Waals surface area contributed by atoms with Crippen LogP contribution < -0.4 is 4.90 Å². The van der Waals surface area contributed by atoms with Crippen molar-refractivity contribution >= 4 is 16.7 Å². The van der Waals surface area contributed by atoms with Gasteiger partial charge in [0.2, 0.25) is 0 Å². The number of pyridine rings is 1. The third-order valence-corrected chi connectivity index (χ3v) is 4.27. The Morgan fingerprint density at radius 3 is 2.73 bits per heavy atom. The summed E-state index contributed by atoms with van der Waals surface area (Å²) in [4.78, 5) is 7.25. The van der Waals surface area contributed by atoms with Crippen LogP contribution in [-0.4, -0.2) is 44.5 Å². The number of rotatable bonds is 5. The maximum Gasteiger partial charge on any atom is 0.132 e. The highest BCUT2D eigenvalue weighted by atomic mass is 16.5. The second-order valence-electron chi connectivity index (χ2n) is 5.87. The molecular weight excluding hydrogens is 276 g/mol. The monoisotopic (exact) mass is 300 g/mol. The van der Waals surface area contributed by atoms with Gasteiger partial charge in [-0.2, -0.15) is 0 Å². The standard InChI is InChI=1S/C18H24N2O2/c1-14-13-15-5-3-4-6-17(15)19-18(14)20-9-7-16(8-10-20)22-12-11-21-2/h3-6,13,16H,7-12H2,1-2H3. The zero-order valence-corrected chi connectivity index (χ0v) is 13.4. The number of hydrogen-bond donors (Lipinski definition) is 0. The van der Waals surface area contributed by atoms with Crippen molar-refractivity contribution in [3.8, 4) is 0 Å². The Hall–Kier alpha value is -1.65. The van der Waals surface area contributed by atoms with Crippen molar-refractivity contribution in [1.29, 1.82) is 0 Å². The molecule has 0 atom stereocenters. The van der Waals surface area contributed by atoms with Gasteiger partial charge in [0.15, 0.2) is 0 Å². The molecule has 0 bridgehead atoms. The molecule has 1 aromatic heterocycles. The average molecular weight is 300 g/mol. The van der Waals surface area contributed by atoms with Gasteiger partial charge in [-0.15, -0.1) is 0 Å². The molecule has 0 N–H and O–H groups in total. The summed E-state index contributed by atoms with van der Waals surface area (Å²) < 4.78 is 10.9. The number of nitrogens with zero attached hydrogens (tertiary/aromatic N) is 2. The van der Waals surface area contributed by atoms with E-state index in [1.807, 2.05) is 6.07 Å². The summed E-state index contributed by atoms with van der Waals surface area (Å²) >= 11 is 0. The fourth-order valence-electron chi connectivity index (χ4n) is 3.06. The largest absolute Gasteiger partial charge is 0.382 e. The SMILES string of the molecule is COCCOC1CCN(c2nc3ccccc3cc2C)CC1. The normalized spacial score (nSPS) is 16.4. The molecular formula is C18H24N2O2. The molecule has 22 heavy (non-hydrogen) atoms. The Morgan fingerprint density at radius 2 is 1.95 bits per heavy atom. The molecule has 1 fully saturated rings. The van der Waals surface area contributed by atoms with Crippen molar-refractivity contribution in [2.24, 2.45) is 0 Å². The predicted molar refractivity (Wildman–Crippen MR) is 89.5 cm³/mol. The van der Waals surface area contributed by atoms with Crippen LogP contribution in [0.15, 0.2) is 30.3 Å². The Labute approximate surface area is 132 Å². The smallest absolute Gasteiger partial charge is 0.132 e. The Kier molecular flexibility index (Phi) is 4.90. The summed E-state index contributed by atoms with van der Waals surface area (Å²) in [5, 5.41) is 1.21. The summed E-state index contributed by atoms with van der Waals surface area (Å²) in [6, 6.07) is 10.5. The van der Waals surface area contributed by atoms with E-state index in [1.165, 1.54) is 10.9 Å². The van der Waals surface area contributed by atoms with Gasteiger partial charge in [-0.25, -0.2) is 4.98 Å². The zero-order valence-electron chi connectivity index (χ0n) is 13.4. The molecule has 1 saturated heterocycles. The molecule has 0 unspecified atom stereocenters. The molecule has 2 heterocycles. The van der Waals surface area contributed by atoms with E-state index < -0.39 is 0 Å². The molecule has 0 spiro atoms. The number of para-hydroxylation sites is 1. The Bertz CT molecular complexity index is 622. The van der Waals surface area contributed by atoms with Crippen molar-refractivity contribution in [2.45, 2.75) is 25.9 Å². The minimum absolute atomic E-state index is 0.354. The number of aryl methyl sites for hydroxylation is 1. The van der Waals surface area contributed by atoms with Gasteiger partial charge in [0.05, 0.1) is 24.8 Å².